The highest BCUT2D eigenvalue weighted by Crippen LogP contribution is 2.31. The fraction of sp³-hybridized carbons (Fsp3) is 0.452. The van der Waals surface area contributed by atoms with Crippen molar-refractivity contribution in [3.8, 4) is 6.07 Å². The van der Waals surface area contributed by atoms with E-state index in [1.807, 2.05) is 6.92 Å². The van der Waals surface area contributed by atoms with Crippen molar-refractivity contribution in [1.82, 2.24) is 14.0 Å². The van der Waals surface area contributed by atoms with E-state index in [1.54, 1.807) is 0 Å². The first-order valence-electron chi connectivity index (χ1n) is 14.1. The molecule has 0 radical (unpaired) electrons. The summed E-state index contributed by atoms with van der Waals surface area (Å²) in [6.07, 6.45) is 5.00. The number of nitrogens with zero attached hydrogens (tertiary/aromatic N) is 6. The lowest BCUT2D eigenvalue weighted by molar-refractivity contribution is 0.473. The Balaban J connectivity index is 1.91. The summed E-state index contributed by atoms with van der Waals surface area (Å²) >= 11 is 1.19. The van der Waals surface area contributed by atoms with Gasteiger partial charge >= 0.3 is 11.7 Å². The van der Waals surface area contributed by atoms with Crippen LogP contribution in [0.5, 0.6) is 0 Å². The van der Waals surface area contributed by atoms with Crippen LogP contribution in [0.25, 0.3) is 0 Å². The maximum Gasteiger partial charge on any atom is 0.316 e. The van der Waals surface area contributed by atoms with Crippen LogP contribution in [0.2, 0.25) is 0 Å². The summed E-state index contributed by atoms with van der Waals surface area (Å²) in [5.74, 6) is 0.627. The van der Waals surface area contributed by atoms with Crippen molar-refractivity contribution in [1.29, 1.82) is 5.26 Å². The molecule has 3 atom stereocenters. The smallest absolute Gasteiger partial charge is 0.262 e. The van der Waals surface area contributed by atoms with Crippen LogP contribution in [0.4, 0.5) is 16.5 Å². The monoisotopic (exact) mass is 555 g/mol. The van der Waals surface area contributed by atoms with Crippen LogP contribution in [0.1, 0.15) is 68.0 Å². The summed E-state index contributed by atoms with van der Waals surface area (Å²) in [4.78, 5) is 4.16. The number of hydrogen-bond acceptors (Lipinski definition) is 8. The molecule has 2 aromatic carbocycles. The van der Waals surface area contributed by atoms with Gasteiger partial charge in [-0.2, -0.15) is 14.7 Å². The van der Waals surface area contributed by atoms with Gasteiger partial charge in [-0.05, 0) is 61.8 Å². The quantitative estimate of drug-likeness (QED) is 0.236. The summed E-state index contributed by atoms with van der Waals surface area (Å²) in [6.45, 7) is 14.9. The molecule has 2 N–H and O–H groups in total. The molecule has 2 heterocycles. The topological polar surface area (TPSA) is 112 Å². The van der Waals surface area contributed by atoms with Gasteiger partial charge in [0.15, 0.2) is 12.0 Å². The second-order valence-corrected chi connectivity index (χ2v) is 11.1. The predicted octanol–water partition coefficient (Wildman–Crippen LogP) is 6.73. The van der Waals surface area contributed by atoms with E-state index < -0.39 is 12.0 Å². The second kappa shape index (κ2) is 13.0. The van der Waals surface area contributed by atoms with Crippen molar-refractivity contribution in [2.24, 2.45) is 22.1 Å². The molecule has 3 unspecified atom stereocenters. The van der Waals surface area contributed by atoms with E-state index in [0.717, 1.165) is 37.1 Å². The Morgan fingerprint density at radius 3 is 1.80 bits per heavy atom. The maximum absolute atomic E-state index is 10.4. The number of hydrogen-bond donors (Lipinski definition) is 2. The minimum atomic E-state index is -0.492. The molecular formula is C31H39N8S+. The molecule has 1 aliphatic rings. The molecule has 1 aliphatic heterocycles. The lowest BCUT2D eigenvalue weighted by Gasteiger charge is -2.25. The van der Waals surface area contributed by atoms with Crippen LogP contribution >= 0.6 is 11.5 Å². The molecule has 0 aliphatic carbocycles. The van der Waals surface area contributed by atoms with Crippen LogP contribution in [0.15, 0.2) is 40.8 Å². The molecule has 0 saturated heterocycles. The van der Waals surface area contributed by atoms with Crippen LogP contribution in [0.3, 0.4) is 0 Å². The van der Waals surface area contributed by atoms with Gasteiger partial charge in [-0.15, -0.1) is 5.11 Å². The number of azo groups is 1. The molecule has 0 spiro atoms. The van der Waals surface area contributed by atoms with E-state index in [-0.39, 0.29) is 5.92 Å². The lowest BCUT2D eigenvalue weighted by Crippen LogP contribution is -2.47. The zero-order valence-corrected chi connectivity index (χ0v) is 25.4. The fourth-order valence-electron chi connectivity index (χ4n) is 5.39. The van der Waals surface area contributed by atoms with E-state index in [0.29, 0.717) is 16.8 Å². The first-order chi connectivity index (χ1) is 19.3. The SMILES string of the molecule is CCc1cc(C)cc(CC)c1NC1=[N+]=C(Nc2c(CC)cc(C)cc2CC)C(N=Nc2ncns2)C(C)C1C#N. The third-order valence-corrected chi connectivity index (χ3v) is 8.07. The minimum Gasteiger partial charge on any atom is -0.262 e. The molecule has 4 rings (SSSR count). The Kier molecular flexibility index (Phi) is 9.46. The summed E-state index contributed by atoms with van der Waals surface area (Å²) in [6, 6.07) is 10.9. The highest BCUT2D eigenvalue weighted by Gasteiger charge is 2.43. The normalized spacial score (nSPS) is 18.8. The highest BCUT2D eigenvalue weighted by molar-refractivity contribution is 7.09. The number of anilines is 2. The van der Waals surface area contributed by atoms with Gasteiger partial charge in [-0.3, -0.25) is 10.6 Å². The Bertz CT molecular complexity index is 1440. The van der Waals surface area contributed by atoms with E-state index in [9.17, 15) is 5.26 Å². The average Bonchev–Trinajstić information content (AvgIpc) is 3.47. The van der Waals surface area contributed by atoms with Gasteiger partial charge in [0.25, 0.3) is 0 Å². The number of rotatable bonds is 8. The van der Waals surface area contributed by atoms with E-state index >= 15 is 0 Å². The first kappa shape index (κ1) is 29.1. The van der Waals surface area contributed by atoms with Crippen LogP contribution in [0, 0.1) is 37.0 Å². The molecule has 0 saturated carbocycles. The van der Waals surface area contributed by atoms with Crippen molar-refractivity contribution in [3.63, 3.8) is 0 Å². The van der Waals surface area contributed by atoms with Gasteiger partial charge in [0.2, 0.25) is 5.13 Å². The number of aryl methyl sites for hydroxylation is 6. The van der Waals surface area contributed by atoms with E-state index in [1.165, 1.54) is 51.2 Å². The largest absolute Gasteiger partial charge is 0.316 e. The third-order valence-electron chi connectivity index (χ3n) is 7.52. The molecule has 9 heteroatoms. The Morgan fingerprint density at radius 1 is 0.875 bits per heavy atom. The summed E-state index contributed by atoms with van der Waals surface area (Å²) in [7, 11) is 0. The minimum absolute atomic E-state index is 0.189. The summed E-state index contributed by atoms with van der Waals surface area (Å²) in [5.41, 5.74) is 9.48. The van der Waals surface area contributed by atoms with Crippen LogP contribution < -0.4 is 15.3 Å². The van der Waals surface area contributed by atoms with Gasteiger partial charge in [0.05, 0.1) is 6.07 Å². The summed E-state index contributed by atoms with van der Waals surface area (Å²) in [5, 5.41) is 27.2. The van der Waals surface area contributed by atoms with E-state index in [2.05, 4.69) is 102 Å². The van der Waals surface area contributed by atoms with E-state index in [4.69, 9.17) is 4.67 Å². The Morgan fingerprint density at radius 2 is 1.38 bits per heavy atom. The molecule has 8 nitrogen and oxygen atoms in total. The number of nitrogens with one attached hydrogen (secondary N) is 2. The molecule has 40 heavy (non-hydrogen) atoms. The number of aromatic nitrogens is 2. The number of amidine groups is 2. The molecular weight excluding hydrogens is 516 g/mol. The van der Waals surface area contributed by atoms with Gasteiger partial charge in [-0.25, -0.2) is 9.65 Å². The zero-order valence-electron chi connectivity index (χ0n) is 24.5. The van der Waals surface area contributed by atoms with Gasteiger partial charge in [0.1, 0.15) is 17.7 Å². The Labute approximate surface area is 241 Å². The van der Waals surface area contributed by atoms with Crippen molar-refractivity contribution < 1.29 is 0 Å². The molecule has 0 amide bonds. The third kappa shape index (κ3) is 6.14. The van der Waals surface area contributed by atoms with Gasteiger partial charge < -0.3 is 0 Å². The molecule has 0 fully saturated rings. The van der Waals surface area contributed by atoms with Gasteiger partial charge in [-0.1, -0.05) is 70.0 Å². The van der Waals surface area contributed by atoms with Crippen LogP contribution in [-0.4, -0.2) is 27.1 Å². The average molecular weight is 556 g/mol. The van der Waals surface area contributed by atoms with Gasteiger partial charge in [0, 0.05) is 17.5 Å². The molecule has 3 aromatic rings. The zero-order chi connectivity index (χ0) is 28.8. The number of nitriles is 1. The molecule has 0 bridgehead atoms. The summed E-state index contributed by atoms with van der Waals surface area (Å²) < 4.78 is 9.14. The van der Waals surface area contributed by atoms with Crippen molar-refractivity contribution in [2.75, 3.05) is 10.6 Å². The number of benzene rings is 2. The second-order valence-electron chi connectivity index (χ2n) is 10.3. The van der Waals surface area contributed by atoms with Crippen LogP contribution in [-0.2, 0) is 25.7 Å². The standard InChI is InChI=1S/C31H38N8S/c1-8-21-12-18(5)13-22(9-2)27(21)35-29-25(16-32)20(7)26(38-39-31-33-17-34-40-31)30(37-29)36-28-23(10-3)14-19(6)15-24(28)11-4/h12-15,17,20,25-26H,8-11H2,1-7H3,(H,35,36,37)/p+1. The first-order valence-corrected chi connectivity index (χ1v) is 14.9. The van der Waals surface area contributed by atoms with Crippen molar-refractivity contribution in [2.45, 2.75) is 80.2 Å². The Hall–Kier alpha value is -3.86. The van der Waals surface area contributed by atoms with Crippen molar-refractivity contribution in [3.05, 3.63) is 64.0 Å². The maximum atomic E-state index is 10.4. The fourth-order valence-corrected chi connectivity index (χ4v) is 5.76. The predicted molar refractivity (Wildman–Crippen MR) is 166 cm³/mol. The molecule has 208 valence electrons. The molecule has 1 aromatic heterocycles. The highest BCUT2D eigenvalue weighted by atomic mass is 32.1. The van der Waals surface area contributed by atoms with Crippen molar-refractivity contribution >= 4 is 39.7 Å². The lowest BCUT2D eigenvalue weighted by atomic mass is 9.84.